The summed E-state index contributed by atoms with van der Waals surface area (Å²) in [6.07, 6.45) is 1.70. The quantitative estimate of drug-likeness (QED) is 0.798. The van der Waals surface area contributed by atoms with Gasteiger partial charge in [0.25, 0.3) is 0 Å². The Morgan fingerprint density at radius 2 is 1.85 bits per heavy atom. The molecule has 1 aliphatic rings. The molecule has 0 aliphatic carbocycles. The highest BCUT2D eigenvalue weighted by Gasteiger charge is 2.24. The minimum atomic E-state index is -0.260. The summed E-state index contributed by atoms with van der Waals surface area (Å²) in [4.78, 5) is 25.7. The number of hydrogen-bond donors (Lipinski definition) is 2. The van der Waals surface area contributed by atoms with E-state index in [2.05, 4.69) is 43.5 Å². The van der Waals surface area contributed by atoms with Gasteiger partial charge in [-0.3, -0.25) is 4.79 Å². The van der Waals surface area contributed by atoms with Crippen LogP contribution in [0.2, 0.25) is 0 Å². The lowest BCUT2D eigenvalue weighted by Crippen LogP contribution is -2.46. The van der Waals surface area contributed by atoms with Gasteiger partial charge in [-0.15, -0.1) is 0 Å². The number of likely N-dealkylation sites (tertiary alicyclic amines) is 1. The Labute approximate surface area is 162 Å². The average molecular weight is 376 g/mol. The molecule has 0 saturated carbocycles. The highest BCUT2D eigenvalue weighted by molar-refractivity contribution is 5.77. The molecule has 0 radical (unpaired) electrons. The van der Waals surface area contributed by atoms with Gasteiger partial charge in [0.15, 0.2) is 0 Å². The molecule has 0 unspecified atom stereocenters. The average Bonchev–Trinajstić information content (AvgIpc) is 2.62. The van der Waals surface area contributed by atoms with Crippen LogP contribution in [0.25, 0.3) is 0 Å². The molecule has 2 rings (SSSR count). The number of carbonyl (C=O) groups is 2. The van der Waals surface area contributed by atoms with Crippen LogP contribution in [0.15, 0.2) is 24.3 Å². The first-order chi connectivity index (χ1) is 12.8. The smallest absolute Gasteiger partial charge is 0.409 e. The van der Waals surface area contributed by atoms with Gasteiger partial charge in [0.2, 0.25) is 5.91 Å². The van der Waals surface area contributed by atoms with Crippen LogP contribution in [0.4, 0.5) is 10.5 Å². The fourth-order valence-electron chi connectivity index (χ4n) is 3.32. The molecule has 1 heterocycles. The zero-order valence-electron chi connectivity index (χ0n) is 17.0. The van der Waals surface area contributed by atoms with Gasteiger partial charge >= 0.3 is 6.09 Å². The molecule has 1 fully saturated rings. The Morgan fingerprint density at radius 1 is 1.19 bits per heavy atom. The molecule has 1 saturated heterocycles. The fraction of sp³-hybridized carbons (Fsp3) is 0.619. The maximum atomic E-state index is 12.2. The number of rotatable bonds is 6. The standard InChI is InChI=1S/C21H33N3O3/c1-5-27-20(26)24-14-11-16(12-15-24)23-19(25)10-13-22-18-9-7-6-8-17(18)21(2,3)4/h6-9,16,22H,5,10-15H2,1-4H3,(H,23,25). The molecule has 6 heteroatoms. The van der Waals surface area contributed by atoms with Gasteiger partial charge in [-0.2, -0.15) is 0 Å². The van der Waals surface area contributed by atoms with E-state index in [1.807, 2.05) is 12.1 Å². The van der Waals surface area contributed by atoms with Crippen LogP contribution in [0.1, 0.15) is 52.5 Å². The van der Waals surface area contributed by atoms with Crippen LogP contribution in [0.5, 0.6) is 0 Å². The van der Waals surface area contributed by atoms with E-state index in [1.54, 1.807) is 11.8 Å². The van der Waals surface area contributed by atoms with Crippen LogP contribution in [0.3, 0.4) is 0 Å². The van der Waals surface area contributed by atoms with Crippen molar-refractivity contribution in [3.05, 3.63) is 29.8 Å². The molecule has 0 aromatic heterocycles. The predicted molar refractivity (Wildman–Crippen MR) is 108 cm³/mol. The van der Waals surface area contributed by atoms with Crippen molar-refractivity contribution in [3.63, 3.8) is 0 Å². The molecule has 2 N–H and O–H groups in total. The van der Waals surface area contributed by atoms with Gasteiger partial charge in [-0.1, -0.05) is 39.0 Å². The molecule has 150 valence electrons. The van der Waals surface area contributed by atoms with Crippen molar-refractivity contribution >= 4 is 17.7 Å². The van der Waals surface area contributed by atoms with Crippen molar-refractivity contribution in [1.82, 2.24) is 10.2 Å². The third-order valence-corrected chi connectivity index (χ3v) is 4.79. The summed E-state index contributed by atoms with van der Waals surface area (Å²) in [6, 6.07) is 8.37. The summed E-state index contributed by atoms with van der Waals surface area (Å²) in [5, 5.41) is 6.48. The molecule has 1 aromatic carbocycles. The Hall–Kier alpha value is -2.24. The summed E-state index contributed by atoms with van der Waals surface area (Å²) >= 11 is 0. The lowest BCUT2D eigenvalue weighted by Gasteiger charge is -2.31. The van der Waals surface area contributed by atoms with E-state index in [9.17, 15) is 9.59 Å². The van der Waals surface area contributed by atoms with E-state index >= 15 is 0 Å². The molecule has 6 nitrogen and oxygen atoms in total. The number of nitrogens with zero attached hydrogens (tertiary/aromatic N) is 1. The van der Waals surface area contributed by atoms with E-state index in [0.29, 0.717) is 32.7 Å². The lowest BCUT2D eigenvalue weighted by molar-refractivity contribution is -0.121. The van der Waals surface area contributed by atoms with Crippen LogP contribution in [-0.4, -0.2) is 49.2 Å². The zero-order valence-corrected chi connectivity index (χ0v) is 17.0. The topological polar surface area (TPSA) is 70.7 Å². The second-order valence-corrected chi connectivity index (χ2v) is 8.00. The third kappa shape index (κ3) is 6.45. The van der Waals surface area contributed by atoms with E-state index in [4.69, 9.17) is 4.74 Å². The minimum Gasteiger partial charge on any atom is -0.450 e. The molecule has 0 atom stereocenters. The van der Waals surface area contributed by atoms with E-state index in [1.165, 1.54) is 5.56 Å². The summed E-state index contributed by atoms with van der Waals surface area (Å²) in [5.74, 6) is 0.0466. The maximum absolute atomic E-state index is 12.2. The van der Waals surface area contributed by atoms with Crippen LogP contribution < -0.4 is 10.6 Å². The second-order valence-electron chi connectivity index (χ2n) is 8.00. The molecule has 2 amide bonds. The van der Waals surface area contributed by atoms with Gasteiger partial charge in [-0.25, -0.2) is 4.79 Å². The van der Waals surface area contributed by atoms with Crippen molar-refractivity contribution in [2.75, 3.05) is 31.6 Å². The maximum Gasteiger partial charge on any atom is 0.409 e. The van der Waals surface area contributed by atoms with Crippen molar-refractivity contribution in [2.24, 2.45) is 0 Å². The number of piperidine rings is 1. The van der Waals surface area contributed by atoms with Crippen LogP contribution >= 0.6 is 0 Å². The number of carbonyl (C=O) groups excluding carboxylic acids is 2. The zero-order chi connectivity index (χ0) is 19.9. The number of anilines is 1. The lowest BCUT2D eigenvalue weighted by atomic mass is 9.86. The first-order valence-electron chi connectivity index (χ1n) is 9.85. The third-order valence-electron chi connectivity index (χ3n) is 4.79. The first-order valence-corrected chi connectivity index (χ1v) is 9.85. The summed E-state index contributed by atoms with van der Waals surface area (Å²) in [7, 11) is 0. The van der Waals surface area contributed by atoms with Crippen LogP contribution in [0, 0.1) is 0 Å². The van der Waals surface area contributed by atoms with Gasteiger partial charge in [0.05, 0.1) is 6.61 Å². The van der Waals surface area contributed by atoms with Crippen LogP contribution in [-0.2, 0) is 14.9 Å². The molecular formula is C21H33N3O3. The first kappa shape index (κ1) is 21.1. The Kier molecular flexibility index (Phi) is 7.51. The molecule has 0 bridgehead atoms. The van der Waals surface area contributed by atoms with Gasteiger partial charge in [0, 0.05) is 37.8 Å². The number of amides is 2. The highest BCUT2D eigenvalue weighted by Crippen LogP contribution is 2.29. The van der Waals surface area contributed by atoms with E-state index in [-0.39, 0.29) is 23.5 Å². The van der Waals surface area contributed by atoms with Crippen molar-refractivity contribution < 1.29 is 14.3 Å². The largest absolute Gasteiger partial charge is 0.450 e. The summed E-state index contributed by atoms with van der Waals surface area (Å²) < 4.78 is 5.02. The molecule has 1 aliphatic heterocycles. The number of ether oxygens (including phenoxy) is 1. The number of para-hydroxylation sites is 1. The minimum absolute atomic E-state index is 0.0466. The fourth-order valence-corrected chi connectivity index (χ4v) is 3.32. The van der Waals surface area contributed by atoms with Crippen molar-refractivity contribution in [2.45, 2.75) is 58.4 Å². The van der Waals surface area contributed by atoms with Gasteiger partial charge in [0.1, 0.15) is 0 Å². The van der Waals surface area contributed by atoms with Crippen molar-refractivity contribution in [3.8, 4) is 0 Å². The highest BCUT2D eigenvalue weighted by atomic mass is 16.6. The molecule has 27 heavy (non-hydrogen) atoms. The van der Waals surface area contributed by atoms with Crippen molar-refractivity contribution in [1.29, 1.82) is 0 Å². The summed E-state index contributed by atoms with van der Waals surface area (Å²) in [5.41, 5.74) is 2.39. The molecule has 0 spiro atoms. The van der Waals surface area contributed by atoms with Gasteiger partial charge in [-0.05, 0) is 36.8 Å². The Bertz CT molecular complexity index is 632. The normalized spacial score (nSPS) is 15.3. The molecular weight excluding hydrogens is 342 g/mol. The summed E-state index contributed by atoms with van der Waals surface area (Å²) in [6.45, 7) is 10.6. The Morgan fingerprint density at radius 3 is 2.48 bits per heavy atom. The molecule has 1 aromatic rings. The number of benzene rings is 1. The monoisotopic (exact) mass is 375 g/mol. The van der Waals surface area contributed by atoms with E-state index in [0.717, 1.165) is 18.5 Å². The Balaban J connectivity index is 1.73. The number of hydrogen-bond acceptors (Lipinski definition) is 4. The van der Waals surface area contributed by atoms with Gasteiger partial charge < -0.3 is 20.3 Å². The SMILES string of the molecule is CCOC(=O)N1CCC(NC(=O)CCNc2ccccc2C(C)(C)C)CC1. The van der Waals surface area contributed by atoms with E-state index < -0.39 is 0 Å². The predicted octanol–water partition coefficient (Wildman–Crippen LogP) is 3.52. The number of nitrogens with one attached hydrogen (secondary N) is 2. The second kappa shape index (κ2) is 9.62.